The molecule has 1 saturated heterocycles. The van der Waals surface area contributed by atoms with Gasteiger partial charge in [0.05, 0.1) is 12.1 Å². The summed E-state index contributed by atoms with van der Waals surface area (Å²) in [6.45, 7) is 4.33. The monoisotopic (exact) mass is 315 g/mol. The van der Waals surface area contributed by atoms with Crippen LogP contribution in [0.1, 0.15) is 20.8 Å². The zero-order valence-corrected chi connectivity index (χ0v) is 12.4. The summed E-state index contributed by atoms with van der Waals surface area (Å²) in [6, 6.07) is 3.31. The minimum atomic E-state index is -4.47. The van der Waals surface area contributed by atoms with Gasteiger partial charge in [0.25, 0.3) is 0 Å². The Morgan fingerprint density at radius 1 is 1.18 bits per heavy atom. The van der Waals surface area contributed by atoms with Gasteiger partial charge in [0.2, 0.25) is 0 Å². The maximum atomic E-state index is 13.4. The Kier molecular flexibility index (Phi) is 3.10. The number of fused-ring (bicyclic) bond motifs is 1. The first-order valence-electron chi connectivity index (χ1n) is 6.79. The van der Waals surface area contributed by atoms with Crippen molar-refractivity contribution in [2.45, 2.75) is 38.1 Å². The van der Waals surface area contributed by atoms with Gasteiger partial charge in [-0.15, -0.1) is 15.3 Å². The molecule has 0 unspecified atom stereocenters. The first-order chi connectivity index (χ1) is 10.1. The van der Waals surface area contributed by atoms with E-state index in [1.807, 2.05) is 0 Å². The van der Waals surface area contributed by atoms with E-state index in [4.69, 9.17) is 4.74 Å². The van der Waals surface area contributed by atoms with Crippen molar-refractivity contribution in [1.82, 2.24) is 19.8 Å². The number of alkyl halides is 3. The van der Waals surface area contributed by atoms with Gasteiger partial charge in [-0.3, -0.25) is 0 Å². The standard InChI is InChI=1S/C13H16F3N5O/c1-11(2)6-20(7-12(3,22-11)13(14,15)16)10-5-4-9-18-17-8-21(9)19-10/h4-5,8H,6-7H2,1-3H3/t12-/m1/s1. The smallest absolute Gasteiger partial charge is 0.356 e. The average molecular weight is 315 g/mol. The molecule has 2 aromatic rings. The molecule has 1 aliphatic heterocycles. The van der Waals surface area contributed by atoms with Gasteiger partial charge >= 0.3 is 6.18 Å². The van der Waals surface area contributed by atoms with Crippen LogP contribution < -0.4 is 4.90 Å². The van der Waals surface area contributed by atoms with Crippen LogP contribution in [0.3, 0.4) is 0 Å². The number of aromatic nitrogens is 4. The predicted octanol–water partition coefficient (Wildman–Crippen LogP) is 2.06. The number of anilines is 1. The molecule has 1 aliphatic rings. The summed E-state index contributed by atoms with van der Waals surface area (Å²) in [6.07, 6.45) is -3.06. The van der Waals surface area contributed by atoms with Crippen molar-refractivity contribution in [2.24, 2.45) is 0 Å². The van der Waals surface area contributed by atoms with Crippen molar-refractivity contribution in [3.8, 4) is 0 Å². The Hall–Kier alpha value is -1.90. The quantitative estimate of drug-likeness (QED) is 0.806. The van der Waals surface area contributed by atoms with Crippen molar-refractivity contribution in [3.63, 3.8) is 0 Å². The number of halogens is 3. The van der Waals surface area contributed by atoms with Crippen molar-refractivity contribution in [3.05, 3.63) is 18.5 Å². The molecule has 0 aliphatic carbocycles. The zero-order chi connectivity index (χ0) is 16.2. The van der Waals surface area contributed by atoms with Crippen LogP contribution in [0.25, 0.3) is 5.65 Å². The molecule has 1 fully saturated rings. The molecule has 0 N–H and O–H groups in total. The Labute approximate surface area is 124 Å². The number of nitrogens with zero attached hydrogens (tertiary/aromatic N) is 5. The van der Waals surface area contributed by atoms with Gasteiger partial charge in [0, 0.05) is 6.54 Å². The minimum absolute atomic E-state index is 0.305. The summed E-state index contributed by atoms with van der Waals surface area (Å²) in [5.74, 6) is 0.430. The van der Waals surface area contributed by atoms with Gasteiger partial charge in [0.15, 0.2) is 11.2 Å². The number of hydrogen-bond donors (Lipinski definition) is 0. The summed E-state index contributed by atoms with van der Waals surface area (Å²) < 4.78 is 46.8. The second-order valence-corrected chi connectivity index (χ2v) is 6.27. The maximum absolute atomic E-state index is 13.4. The van der Waals surface area contributed by atoms with Crippen LogP contribution in [0.5, 0.6) is 0 Å². The molecule has 3 heterocycles. The summed E-state index contributed by atoms with van der Waals surface area (Å²) in [4.78, 5) is 1.58. The van der Waals surface area contributed by atoms with Gasteiger partial charge in [-0.2, -0.15) is 17.7 Å². The van der Waals surface area contributed by atoms with Crippen LogP contribution in [0.15, 0.2) is 18.5 Å². The third-order valence-electron chi connectivity index (χ3n) is 3.64. The van der Waals surface area contributed by atoms with E-state index in [1.165, 1.54) is 10.8 Å². The highest BCUT2D eigenvalue weighted by molar-refractivity contribution is 5.46. The van der Waals surface area contributed by atoms with Crippen LogP contribution in [-0.2, 0) is 4.74 Å². The average Bonchev–Trinajstić information content (AvgIpc) is 2.82. The van der Waals surface area contributed by atoms with Gasteiger partial charge in [-0.05, 0) is 32.9 Å². The molecule has 1 atom stereocenters. The van der Waals surface area contributed by atoms with E-state index in [2.05, 4.69) is 15.3 Å². The van der Waals surface area contributed by atoms with E-state index in [-0.39, 0.29) is 6.54 Å². The molecule has 0 amide bonds. The first-order valence-corrected chi connectivity index (χ1v) is 6.79. The molecule has 3 rings (SSSR count). The lowest BCUT2D eigenvalue weighted by atomic mass is 9.96. The van der Waals surface area contributed by atoms with E-state index in [0.717, 1.165) is 6.92 Å². The van der Waals surface area contributed by atoms with E-state index < -0.39 is 17.4 Å². The third kappa shape index (κ3) is 2.49. The number of ether oxygens (including phenoxy) is 1. The zero-order valence-electron chi connectivity index (χ0n) is 12.4. The predicted molar refractivity (Wildman–Crippen MR) is 72.6 cm³/mol. The van der Waals surface area contributed by atoms with Crippen molar-refractivity contribution < 1.29 is 17.9 Å². The molecular formula is C13H16F3N5O. The number of rotatable bonds is 1. The number of hydrogen-bond acceptors (Lipinski definition) is 5. The molecule has 0 radical (unpaired) electrons. The SMILES string of the molecule is CC1(C)CN(c2ccc3nncn3n2)C[C@](C)(C(F)(F)F)O1. The highest BCUT2D eigenvalue weighted by Gasteiger charge is 2.58. The number of morpholine rings is 1. The molecule has 0 bridgehead atoms. The maximum Gasteiger partial charge on any atom is 0.418 e. The van der Waals surface area contributed by atoms with E-state index in [9.17, 15) is 13.2 Å². The molecule has 0 aromatic carbocycles. The van der Waals surface area contributed by atoms with Gasteiger partial charge in [-0.1, -0.05) is 0 Å². The van der Waals surface area contributed by atoms with Gasteiger partial charge in [-0.25, -0.2) is 0 Å². The molecule has 22 heavy (non-hydrogen) atoms. The summed E-state index contributed by atoms with van der Waals surface area (Å²) in [5, 5.41) is 11.8. The van der Waals surface area contributed by atoms with Crippen LogP contribution >= 0.6 is 0 Å². The lowest BCUT2D eigenvalue weighted by Crippen LogP contribution is -2.64. The Morgan fingerprint density at radius 2 is 1.91 bits per heavy atom. The molecule has 6 nitrogen and oxygen atoms in total. The van der Waals surface area contributed by atoms with E-state index >= 15 is 0 Å². The van der Waals surface area contributed by atoms with Gasteiger partial charge < -0.3 is 9.64 Å². The second-order valence-electron chi connectivity index (χ2n) is 6.27. The van der Waals surface area contributed by atoms with Crippen molar-refractivity contribution in [2.75, 3.05) is 18.0 Å². The molecule has 9 heteroatoms. The van der Waals surface area contributed by atoms with Gasteiger partial charge in [0.1, 0.15) is 12.1 Å². The Balaban J connectivity index is 1.98. The van der Waals surface area contributed by atoms with E-state index in [1.54, 1.807) is 30.9 Å². The van der Waals surface area contributed by atoms with Crippen LogP contribution in [-0.4, -0.2) is 50.3 Å². The fourth-order valence-electron chi connectivity index (χ4n) is 2.75. The van der Waals surface area contributed by atoms with Crippen LogP contribution in [0.4, 0.5) is 19.0 Å². The molecule has 0 saturated carbocycles. The minimum Gasteiger partial charge on any atom is -0.356 e. The Morgan fingerprint density at radius 3 is 2.59 bits per heavy atom. The molecular weight excluding hydrogens is 299 g/mol. The molecule has 2 aromatic heterocycles. The summed E-state index contributed by atoms with van der Waals surface area (Å²) >= 11 is 0. The third-order valence-corrected chi connectivity index (χ3v) is 3.64. The summed E-state index contributed by atoms with van der Waals surface area (Å²) in [7, 11) is 0. The summed E-state index contributed by atoms with van der Waals surface area (Å²) in [5.41, 5.74) is -2.67. The van der Waals surface area contributed by atoms with Crippen LogP contribution in [0, 0.1) is 0 Å². The normalized spacial score (nSPS) is 25.6. The fraction of sp³-hybridized carbons (Fsp3) is 0.615. The second kappa shape index (κ2) is 4.55. The highest BCUT2D eigenvalue weighted by atomic mass is 19.4. The highest BCUT2D eigenvalue weighted by Crippen LogP contribution is 2.41. The van der Waals surface area contributed by atoms with E-state index in [0.29, 0.717) is 18.0 Å². The van der Waals surface area contributed by atoms with Crippen molar-refractivity contribution in [1.29, 1.82) is 0 Å². The molecule has 120 valence electrons. The van der Waals surface area contributed by atoms with Crippen LogP contribution in [0.2, 0.25) is 0 Å². The lowest BCUT2D eigenvalue weighted by Gasteiger charge is -2.49. The molecule has 0 spiro atoms. The lowest BCUT2D eigenvalue weighted by molar-refractivity contribution is -0.302. The topological polar surface area (TPSA) is 55.6 Å². The Bertz CT molecular complexity index is 698. The van der Waals surface area contributed by atoms with Crippen molar-refractivity contribution >= 4 is 11.5 Å². The fourth-order valence-corrected chi connectivity index (χ4v) is 2.75. The largest absolute Gasteiger partial charge is 0.418 e. The first kappa shape index (κ1) is 15.0.